The van der Waals surface area contributed by atoms with Crippen LogP contribution >= 0.6 is 0 Å². The van der Waals surface area contributed by atoms with Crippen molar-refractivity contribution < 1.29 is 57.3 Å². The van der Waals surface area contributed by atoms with Crippen LogP contribution in [0.25, 0.3) is 0 Å². The van der Waals surface area contributed by atoms with Crippen molar-refractivity contribution in [3.8, 4) is 0 Å². The van der Waals surface area contributed by atoms with Crippen LogP contribution in [0.5, 0.6) is 0 Å². The third-order valence-electron chi connectivity index (χ3n) is 24.9. The number of unbranched alkanes of at least 4 members (excludes halogenated alkanes) is 3. The van der Waals surface area contributed by atoms with Gasteiger partial charge in [0.2, 0.25) is 23.6 Å². The molecule has 18 rings (SSSR count). The first-order valence-electron chi connectivity index (χ1n) is 42.8. The lowest BCUT2D eigenvalue weighted by atomic mass is 9.75. The van der Waals surface area contributed by atoms with Crippen LogP contribution < -0.4 is 20.0 Å². The van der Waals surface area contributed by atoms with Gasteiger partial charge in [-0.3, -0.25) is 39.1 Å². The first-order valence-corrected chi connectivity index (χ1v) is 42.8. The first-order chi connectivity index (χ1) is 56.7. The zero-order chi connectivity index (χ0) is 83.2. The van der Waals surface area contributed by atoms with Crippen LogP contribution in [0.3, 0.4) is 0 Å². The Bertz CT molecular complexity index is 4820. The molecular formula is C88H114N18O12. The van der Waals surface area contributed by atoms with E-state index in [4.69, 9.17) is 33.9 Å². The van der Waals surface area contributed by atoms with Gasteiger partial charge >= 0.3 is 24.4 Å². The molecule has 7 aromatic heterocycles. The number of nitrogens with zero attached hydrogens (tertiary/aromatic N) is 17. The summed E-state index contributed by atoms with van der Waals surface area (Å²) >= 11 is 0. The van der Waals surface area contributed by atoms with Crippen molar-refractivity contribution in [1.29, 1.82) is 0 Å². The molecule has 0 radical (unpaired) electrons. The molecule has 30 nitrogen and oxygen atoms in total. The Labute approximate surface area is 690 Å². The zero-order valence-corrected chi connectivity index (χ0v) is 70.5. The number of aromatic nitrogens is 10. The molecule has 3 aliphatic carbocycles. The second-order valence-corrected chi connectivity index (χ2v) is 35.2. The predicted molar refractivity (Wildman–Crippen MR) is 440 cm³/mol. The molecule has 628 valence electrons. The van der Waals surface area contributed by atoms with E-state index in [-0.39, 0.29) is 48.0 Å². The Balaban J connectivity index is 0.000000125. The Kier molecular flexibility index (Phi) is 23.1. The van der Waals surface area contributed by atoms with Gasteiger partial charge in [-0.1, -0.05) is 40.0 Å². The van der Waals surface area contributed by atoms with Crippen molar-refractivity contribution in [3.05, 3.63) is 148 Å². The maximum Gasteiger partial charge on any atom is 0.410 e. The van der Waals surface area contributed by atoms with Gasteiger partial charge in [0.1, 0.15) is 50.3 Å². The molecule has 118 heavy (non-hydrogen) atoms. The molecule has 8 amide bonds. The molecule has 7 aromatic rings. The number of imidazole rings is 3. The minimum absolute atomic E-state index is 0.0262. The summed E-state index contributed by atoms with van der Waals surface area (Å²) in [7, 11) is 0. The van der Waals surface area contributed by atoms with Gasteiger partial charge in [0.25, 0.3) is 0 Å². The van der Waals surface area contributed by atoms with E-state index < -0.39 is 32.9 Å². The summed E-state index contributed by atoms with van der Waals surface area (Å²) in [6.07, 6.45) is 32.4. The van der Waals surface area contributed by atoms with Gasteiger partial charge in [-0.25, -0.2) is 34.1 Å². The molecule has 8 aliphatic heterocycles. The molecule has 0 aromatic carbocycles. The number of hydrogen-bond donors (Lipinski definition) is 1. The molecule has 0 unspecified atom stereocenters. The zero-order valence-electron chi connectivity index (χ0n) is 70.5. The van der Waals surface area contributed by atoms with Crippen molar-refractivity contribution in [2.24, 2.45) is 0 Å². The third-order valence-corrected chi connectivity index (χ3v) is 24.9. The highest BCUT2D eigenvalue weighted by Gasteiger charge is 2.63. The molecule has 0 bridgehead atoms. The topological polar surface area (TPSA) is 313 Å². The number of likely N-dealkylation sites (tertiary alicyclic amines) is 4. The summed E-state index contributed by atoms with van der Waals surface area (Å²) in [5.41, 5.74) is 10.8. The monoisotopic (exact) mass is 1610 g/mol. The summed E-state index contributed by atoms with van der Waals surface area (Å²) in [5, 5.41) is 2.82. The molecule has 11 aliphatic rings. The van der Waals surface area contributed by atoms with Crippen LogP contribution in [-0.2, 0) is 138 Å². The molecular weight excluding hydrogens is 1500 g/mol. The van der Waals surface area contributed by atoms with Crippen molar-refractivity contribution in [3.63, 3.8) is 0 Å². The van der Waals surface area contributed by atoms with Gasteiger partial charge in [0.05, 0.1) is 97.5 Å². The van der Waals surface area contributed by atoms with Gasteiger partial charge in [0, 0.05) is 114 Å². The number of aryl methyl sites for hydroxylation is 3. The second kappa shape index (κ2) is 33.2. The molecule has 0 atom stereocenters. The smallest absolute Gasteiger partial charge is 0.410 e. The van der Waals surface area contributed by atoms with Gasteiger partial charge in [-0.2, -0.15) is 0 Å². The van der Waals surface area contributed by atoms with Gasteiger partial charge in [-0.05, 0) is 198 Å². The van der Waals surface area contributed by atoms with Gasteiger partial charge in [-0.15, -0.1) is 0 Å². The Morgan fingerprint density at radius 2 is 0.695 bits per heavy atom. The summed E-state index contributed by atoms with van der Waals surface area (Å²) in [6, 6.07) is 7.60. The van der Waals surface area contributed by atoms with E-state index in [0.717, 1.165) is 159 Å². The highest BCUT2D eigenvalue weighted by atomic mass is 16.6. The van der Waals surface area contributed by atoms with Crippen molar-refractivity contribution >= 4 is 70.8 Å². The predicted octanol–water partition coefficient (Wildman–Crippen LogP) is 11.9. The fourth-order valence-electron chi connectivity index (χ4n) is 19.0. The van der Waals surface area contributed by atoms with E-state index in [1.54, 1.807) is 83.0 Å². The van der Waals surface area contributed by atoms with Crippen molar-refractivity contribution in [1.82, 2.24) is 68.2 Å². The highest BCUT2D eigenvalue weighted by Crippen LogP contribution is 2.52. The van der Waals surface area contributed by atoms with Crippen LogP contribution in [0.1, 0.15) is 227 Å². The number of fused-ring (bicyclic) bond motifs is 11. The second-order valence-electron chi connectivity index (χ2n) is 35.2. The lowest BCUT2D eigenvalue weighted by Gasteiger charge is -2.46. The lowest BCUT2D eigenvalue weighted by molar-refractivity contribution is -0.129. The highest BCUT2D eigenvalue weighted by molar-refractivity contribution is 6.12. The van der Waals surface area contributed by atoms with Crippen molar-refractivity contribution in [2.75, 3.05) is 85.6 Å². The molecule has 15 heterocycles. The van der Waals surface area contributed by atoms with Crippen LogP contribution in [0.2, 0.25) is 0 Å². The number of nitrogens with one attached hydrogen (secondary N) is 1. The van der Waals surface area contributed by atoms with Crippen molar-refractivity contribution in [2.45, 2.75) is 264 Å². The van der Waals surface area contributed by atoms with Crippen LogP contribution in [0.4, 0.5) is 41.9 Å². The molecule has 0 saturated carbocycles. The number of amides is 8. The Hall–Kier alpha value is -10.8. The molecule has 4 spiro atoms. The standard InChI is InChI=1S/C26H35N5O3.2C24H31N5O3.C14H17N3O3/c1-5-6-13-30-20-10-8-7-9-19(20)28-22(30)15-31-21-14-27-12-11-18(21)26(23(31)32)16-29(17-26)24(33)34-25(2,3)4;2*1-3-5-12-28-19-9-7-6-8-18(19)26-21(28)14-29-20-13-25-11-10-17(20)24(22(29)30)15-27(16-24)23(31)32-4-2;1-13(2,3)20-12(19)17-7-14(8-17)9-4-5-15-6-10(9)16-11(14)18/h11-12,14H,5-10,13,15-17H2,1-4H3;2*10-11,13H,3-9,12,14-16H2,1-2H3;4-6H,7-8H2,1-3H3,(H,16,18). The SMILES string of the molecule is CC(C)(C)OC(=O)N1CC2(C1)C(=O)Nc1cnccc12.CCCCn1c(CN2C(=O)C3(CN(C(=O)OC(C)(C)C)C3)c3ccncc32)nc2c1CCCC2.CCCCn1c(CN2C(=O)C3(CN(C(=O)OCC)C3)c3ccncc32)nc2c1CCCC2.CCCCn1c(CN2C(=O)C3(CN(C(=O)OCC)C3)c3ccncc32)nc2c1CCCC2. The number of pyridine rings is 4. The van der Waals surface area contributed by atoms with E-state index >= 15 is 0 Å². The van der Waals surface area contributed by atoms with Crippen LogP contribution in [0.15, 0.2) is 73.8 Å². The van der Waals surface area contributed by atoms with E-state index in [0.29, 0.717) is 85.2 Å². The van der Waals surface area contributed by atoms with E-state index in [9.17, 15) is 38.4 Å². The first kappa shape index (κ1) is 82.3. The fourth-order valence-corrected chi connectivity index (χ4v) is 19.0. The summed E-state index contributed by atoms with van der Waals surface area (Å²) < 4.78 is 28.2. The normalized spacial score (nSPS) is 18.7. The molecule has 1 N–H and O–H groups in total. The summed E-state index contributed by atoms with van der Waals surface area (Å²) in [6.45, 7) is 28.7. The number of carbonyl (C=O) groups excluding carboxylic acids is 8. The van der Waals surface area contributed by atoms with Crippen LogP contribution in [0, 0.1) is 0 Å². The molecule has 4 saturated heterocycles. The minimum Gasteiger partial charge on any atom is -0.450 e. The number of ether oxygens (including phenoxy) is 4. The van der Waals surface area contributed by atoms with E-state index in [1.807, 2.05) is 80.5 Å². The quantitative estimate of drug-likeness (QED) is 0.0828. The lowest BCUT2D eigenvalue weighted by Crippen LogP contribution is -2.65. The fraction of sp³-hybridized carbons (Fsp3) is 0.580. The third kappa shape index (κ3) is 15.2. The maximum absolute atomic E-state index is 13.9. The Morgan fingerprint density at radius 1 is 0.398 bits per heavy atom. The van der Waals surface area contributed by atoms with E-state index in [2.05, 4.69) is 59.7 Å². The van der Waals surface area contributed by atoms with Gasteiger partial charge < -0.3 is 72.3 Å². The van der Waals surface area contributed by atoms with Crippen LogP contribution in [-0.4, -0.2) is 193 Å². The molecule has 4 fully saturated rings. The number of rotatable bonds is 17. The molecule has 30 heteroatoms. The number of hydrogen-bond acceptors (Lipinski definition) is 19. The minimum atomic E-state index is -0.727. The average molecular weight is 1620 g/mol. The summed E-state index contributed by atoms with van der Waals surface area (Å²) in [5.74, 6) is 2.91. The largest absolute Gasteiger partial charge is 0.450 e. The Morgan fingerprint density at radius 3 is 1.01 bits per heavy atom. The average Bonchev–Trinajstić information content (AvgIpc) is 1.56. The van der Waals surface area contributed by atoms with E-state index in [1.165, 1.54) is 72.7 Å². The van der Waals surface area contributed by atoms with Gasteiger partial charge in [0.15, 0.2) is 0 Å². The number of carbonyl (C=O) groups is 8. The number of anilines is 4. The summed E-state index contributed by atoms with van der Waals surface area (Å²) in [4.78, 5) is 146. The maximum atomic E-state index is 13.9.